The van der Waals surface area contributed by atoms with Gasteiger partial charge in [-0.25, -0.2) is 4.79 Å². The average Bonchev–Trinajstić information content (AvgIpc) is 2.56. The smallest absolute Gasteiger partial charge is 0.371 e. The Hall–Kier alpha value is -1.68. The summed E-state index contributed by atoms with van der Waals surface area (Å²) in [4.78, 5) is 11.3. The molecule has 0 aromatic heterocycles. The Bertz CT molecular complexity index is 600. The second-order valence-electron chi connectivity index (χ2n) is 5.18. The van der Waals surface area contributed by atoms with Crippen molar-refractivity contribution in [1.29, 1.82) is 0 Å². The highest BCUT2D eigenvalue weighted by atomic mass is 35.5. The molecule has 1 fully saturated rings. The Morgan fingerprint density at radius 1 is 1.17 bits per heavy atom. The lowest BCUT2D eigenvalue weighted by molar-refractivity contribution is -0.291. The number of carboxylic acid groups (broad SMARTS) is 1. The van der Waals surface area contributed by atoms with Crippen LogP contribution in [0.5, 0.6) is 0 Å². The maximum Gasteiger partial charge on any atom is 0.371 e. The SMILES string of the molecule is O=C(O)/C(=C/c1ccc(Cl)cc1)O[C@H]1O[C@@H](CO)[C@@H](O)[C@@H](O)[C@@H]1O. The molecule has 0 saturated carbocycles. The summed E-state index contributed by atoms with van der Waals surface area (Å²) in [6.45, 7) is -0.645. The van der Waals surface area contributed by atoms with Gasteiger partial charge in [0.05, 0.1) is 6.61 Å². The molecule has 1 saturated heterocycles. The Labute approximate surface area is 142 Å². The van der Waals surface area contributed by atoms with E-state index in [0.717, 1.165) is 0 Å². The first-order valence-corrected chi connectivity index (χ1v) is 7.39. The van der Waals surface area contributed by atoms with Crippen LogP contribution in [0.1, 0.15) is 5.56 Å². The monoisotopic (exact) mass is 360 g/mol. The van der Waals surface area contributed by atoms with E-state index in [2.05, 4.69) is 0 Å². The van der Waals surface area contributed by atoms with Crippen molar-refractivity contribution in [3.05, 3.63) is 40.6 Å². The molecular formula is C15H17ClO8. The van der Waals surface area contributed by atoms with Gasteiger partial charge in [0.25, 0.3) is 0 Å². The summed E-state index contributed by atoms with van der Waals surface area (Å²) in [5.41, 5.74) is 0.474. The van der Waals surface area contributed by atoms with Crippen LogP contribution >= 0.6 is 11.6 Å². The molecule has 1 aliphatic heterocycles. The summed E-state index contributed by atoms with van der Waals surface area (Å²) in [5, 5.41) is 48.1. The number of aliphatic carboxylic acids is 1. The zero-order valence-electron chi connectivity index (χ0n) is 12.3. The lowest BCUT2D eigenvalue weighted by Gasteiger charge is -2.39. The van der Waals surface area contributed by atoms with Crippen LogP contribution in [-0.2, 0) is 14.3 Å². The zero-order chi connectivity index (χ0) is 17.9. The maximum absolute atomic E-state index is 11.3. The maximum atomic E-state index is 11.3. The van der Waals surface area contributed by atoms with Gasteiger partial charge in [0.2, 0.25) is 12.0 Å². The number of benzene rings is 1. The van der Waals surface area contributed by atoms with Crippen LogP contribution in [0.4, 0.5) is 0 Å². The van der Waals surface area contributed by atoms with Crippen molar-refractivity contribution in [2.45, 2.75) is 30.7 Å². The average molecular weight is 361 g/mol. The molecule has 0 aliphatic carbocycles. The molecule has 24 heavy (non-hydrogen) atoms. The molecule has 0 unspecified atom stereocenters. The van der Waals surface area contributed by atoms with Crippen LogP contribution in [0.15, 0.2) is 30.0 Å². The number of aliphatic hydroxyl groups excluding tert-OH is 4. The lowest BCUT2D eigenvalue weighted by atomic mass is 9.99. The third-order valence-corrected chi connectivity index (χ3v) is 3.72. The third-order valence-electron chi connectivity index (χ3n) is 3.47. The van der Waals surface area contributed by atoms with Crippen molar-refractivity contribution >= 4 is 23.6 Å². The van der Waals surface area contributed by atoms with Crippen molar-refractivity contribution in [3.63, 3.8) is 0 Å². The highest BCUT2D eigenvalue weighted by molar-refractivity contribution is 6.30. The van der Waals surface area contributed by atoms with Crippen LogP contribution in [0.25, 0.3) is 6.08 Å². The van der Waals surface area contributed by atoms with E-state index in [1.54, 1.807) is 24.3 Å². The Kier molecular flexibility index (Phi) is 6.16. The first kappa shape index (κ1) is 18.7. The number of halogens is 1. The molecule has 1 aromatic carbocycles. The fraction of sp³-hybridized carbons (Fsp3) is 0.400. The first-order valence-electron chi connectivity index (χ1n) is 7.01. The van der Waals surface area contributed by atoms with E-state index in [9.17, 15) is 25.2 Å². The van der Waals surface area contributed by atoms with Gasteiger partial charge in [0, 0.05) is 5.02 Å². The van der Waals surface area contributed by atoms with E-state index in [1.807, 2.05) is 0 Å². The van der Waals surface area contributed by atoms with Gasteiger partial charge in [0.1, 0.15) is 24.4 Å². The summed E-state index contributed by atoms with van der Waals surface area (Å²) < 4.78 is 10.2. The summed E-state index contributed by atoms with van der Waals surface area (Å²) in [5.74, 6) is -1.98. The van der Waals surface area contributed by atoms with Crippen molar-refractivity contribution in [3.8, 4) is 0 Å². The van der Waals surface area contributed by atoms with E-state index in [1.165, 1.54) is 6.08 Å². The lowest BCUT2D eigenvalue weighted by Crippen LogP contribution is -2.59. The van der Waals surface area contributed by atoms with Gasteiger partial charge >= 0.3 is 5.97 Å². The summed E-state index contributed by atoms with van der Waals surface area (Å²) >= 11 is 5.75. The van der Waals surface area contributed by atoms with Gasteiger partial charge in [-0.2, -0.15) is 0 Å². The number of carbonyl (C=O) groups is 1. The molecule has 5 atom stereocenters. The van der Waals surface area contributed by atoms with Gasteiger partial charge in [-0.15, -0.1) is 0 Å². The molecule has 9 heteroatoms. The Balaban J connectivity index is 2.20. The molecule has 2 rings (SSSR count). The molecular weight excluding hydrogens is 344 g/mol. The molecule has 5 N–H and O–H groups in total. The largest absolute Gasteiger partial charge is 0.475 e. The minimum atomic E-state index is -1.70. The van der Waals surface area contributed by atoms with Crippen molar-refractivity contribution < 1.29 is 39.8 Å². The van der Waals surface area contributed by atoms with Crippen molar-refractivity contribution in [1.82, 2.24) is 0 Å². The quantitative estimate of drug-likeness (QED) is 0.353. The van der Waals surface area contributed by atoms with Crippen LogP contribution in [-0.4, -0.2) is 68.8 Å². The molecule has 1 aliphatic rings. The molecule has 8 nitrogen and oxygen atoms in total. The minimum absolute atomic E-state index is 0.471. The van der Waals surface area contributed by atoms with E-state index in [4.69, 9.17) is 26.2 Å². The second kappa shape index (κ2) is 7.93. The van der Waals surface area contributed by atoms with Gasteiger partial charge in [-0.1, -0.05) is 23.7 Å². The predicted molar refractivity (Wildman–Crippen MR) is 81.9 cm³/mol. The highest BCUT2D eigenvalue weighted by Gasteiger charge is 2.45. The Morgan fingerprint density at radius 3 is 2.33 bits per heavy atom. The third kappa shape index (κ3) is 4.23. The summed E-state index contributed by atoms with van der Waals surface area (Å²) in [6.07, 6.45) is -6.50. The van der Waals surface area contributed by atoms with Gasteiger partial charge in [-0.05, 0) is 23.8 Å². The van der Waals surface area contributed by atoms with Gasteiger partial charge in [0.15, 0.2) is 0 Å². The van der Waals surface area contributed by atoms with Crippen molar-refractivity contribution in [2.75, 3.05) is 6.61 Å². The van der Waals surface area contributed by atoms with Crippen LogP contribution in [0, 0.1) is 0 Å². The summed E-state index contributed by atoms with van der Waals surface area (Å²) in [6, 6.07) is 6.23. The molecule has 1 aromatic rings. The van der Waals surface area contributed by atoms with E-state index >= 15 is 0 Å². The molecule has 132 valence electrons. The fourth-order valence-electron chi connectivity index (χ4n) is 2.15. The molecule has 0 spiro atoms. The van der Waals surface area contributed by atoms with E-state index < -0.39 is 49.0 Å². The highest BCUT2D eigenvalue weighted by Crippen LogP contribution is 2.24. The number of rotatable bonds is 5. The number of aliphatic hydroxyl groups is 4. The van der Waals surface area contributed by atoms with Gasteiger partial charge in [-0.3, -0.25) is 0 Å². The molecule has 0 amide bonds. The first-order chi connectivity index (χ1) is 11.3. The minimum Gasteiger partial charge on any atom is -0.475 e. The normalized spacial score (nSPS) is 30.9. The topological polar surface area (TPSA) is 137 Å². The number of carboxylic acids is 1. The summed E-state index contributed by atoms with van der Waals surface area (Å²) in [7, 11) is 0. The van der Waals surface area contributed by atoms with Crippen LogP contribution < -0.4 is 0 Å². The predicted octanol–water partition coefficient (Wildman–Crippen LogP) is -0.418. The zero-order valence-corrected chi connectivity index (χ0v) is 13.1. The van der Waals surface area contributed by atoms with Crippen LogP contribution in [0.3, 0.4) is 0 Å². The fourth-order valence-corrected chi connectivity index (χ4v) is 2.27. The standard InChI is InChI=1S/C15H17ClO8/c16-8-3-1-7(2-4-8)5-9(14(21)22)23-15-13(20)12(19)11(18)10(6-17)24-15/h1-5,10-13,15,17-20H,6H2,(H,21,22)/b9-5-/t10-,11+,12+,13-,15-/m0/s1. The van der Waals surface area contributed by atoms with Crippen LogP contribution in [0.2, 0.25) is 5.02 Å². The Morgan fingerprint density at radius 2 is 1.79 bits per heavy atom. The number of hydrogen-bond acceptors (Lipinski definition) is 7. The molecule has 0 bridgehead atoms. The second-order valence-corrected chi connectivity index (χ2v) is 5.62. The van der Waals surface area contributed by atoms with E-state index in [0.29, 0.717) is 10.6 Å². The number of hydrogen-bond donors (Lipinski definition) is 5. The van der Waals surface area contributed by atoms with Crippen molar-refractivity contribution in [2.24, 2.45) is 0 Å². The molecule has 1 heterocycles. The molecule has 0 radical (unpaired) electrons. The number of ether oxygens (including phenoxy) is 2. The van der Waals surface area contributed by atoms with Gasteiger partial charge < -0.3 is 35.0 Å². The van der Waals surface area contributed by atoms with E-state index in [-0.39, 0.29) is 0 Å².